The predicted octanol–water partition coefficient (Wildman–Crippen LogP) is 8.27. The Morgan fingerprint density at radius 1 is 0.938 bits per heavy atom. The number of esters is 1. The van der Waals surface area contributed by atoms with Crippen LogP contribution in [0.3, 0.4) is 0 Å². The fourth-order valence-electron chi connectivity index (χ4n) is 6.52. The maximum Gasteiger partial charge on any atom is 0.410 e. The molecule has 3 amide bonds. The zero-order valence-corrected chi connectivity index (χ0v) is 28.6. The number of fused-ring (bicyclic) bond motifs is 1. The van der Waals surface area contributed by atoms with Crippen molar-refractivity contribution in [2.75, 3.05) is 39.2 Å². The van der Waals surface area contributed by atoms with Crippen LogP contribution in [0.4, 0.5) is 15.3 Å². The fraction of sp³-hybridized carbons (Fsp3) is 0.359. The molecule has 4 aromatic carbocycles. The number of nitrogens with zero attached hydrogens (tertiary/aromatic N) is 2. The van der Waals surface area contributed by atoms with E-state index in [0.717, 1.165) is 16.3 Å². The number of hydrogen-bond donors (Lipinski definition) is 1. The number of ether oxygens (including phenoxy) is 3. The van der Waals surface area contributed by atoms with Crippen LogP contribution in [0.2, 0.25) is 0 Å². The lowest BCUT2D eigenvalue weighted by molar-refractivity contribution is 0.00995. The van der Waals surface area contributed by atoms with Gasteiger partial charge < -0.3 is 29.3 Å². The Morgan fingerprint density at radius 3 is 2.35 bits per heavy atom. The predicted molar refractivity (Wildman–Crippen MR) is 188 cm³/mol. The monoisotopic (exact) mass is 651 g/mol. The third-order valence-corrected chi connectivity index (χ3v) is 8.91. The molecule has 0 saturated carbocycles. The van der Waals surface area contributed by atoms with Crippen LogP contribution in [-0.4, -0.2) is 67.3 Å². The summed E-state index contributed by atoms with van der Waals surface area (Å²) in [4.78, 5) is 43.4. The molecule has 4 aromatic rings. The van der Waals surface area contributed by atoms with Gasteiger partial charge in [-0.05, 0) is 80.1 Å². The van der Waals surface area contributed by atoms with E-state index in [1.54, 1.807) is 23.1 Å². The van der Waals surface area contributed by atoms with Gasteiger partial charge in [0.15, 0.2) is 0 Å². The van der Waals surface area contributed by atoms with Crippen LogP contribution in [-0.2, 0) is 9.47 Å². The molecule has 1 aliphatic rings. The molecular formula is C39H45N3O6. The summed E-state index contributed by atoms with van der Waals surface area (Å²) in [6.07, 6.45) is 0.317. The number of amides is 3. The van der Waals surface area contributed by atoms with Crippen LogP contribution >= 0.6 is 0 Å². The van der Waals surface area contributed by atoms with E-state index < -0.39 is 17.7 Å². The fourth-order valence-corrected chi connectivity index (χ4v) is 6.52. The van der Waals surface area contributed by atoms with Crippen LogP contribution in [0.1, 0.15) is 67.6 Å². The number of likely N-dealkylation sites (tertiary alicyclic amines) is 1. The number of benzene rings is 4. The Balaban J connectivity index is 1.46. The second-order valence-electron chi connectivity index (χ2n) is 13.2. The number of urea groups is 1. The quantitative estimate of drug-likeness (QED) is 0.193. The Kier molecular flexibility index (Phi) is 10.6. The summed E-state index contributed by atoms with van der Waals surface area (Å²) < 4.78 is 16.3. The first-order chi connectivity index (χ1) is 23.0. The molecule has 1 saturated heterocycles. The second-order valence-corrected chi connectivity index (χ2v) is 13.2. The molecule has 0 aromatic heterocycles. The summed E-state index contributed by atoms with van der Waals surface area (Å²) in [5, 5.41) is 5.15. The standard InChI is InChI=1S/C39H45N3O6/c1-26(31-18-12-16-28-15-10-11-17-33(28)31)42(38(45)48-39(2,3)4)25-30-24-41(22-21-32(30)27-13-8-7-9-14-27)37(44)40-34-20-19-29(36(43)47-6)23-35(34)46-5/h7-20,23,26,30,32H,21-22,24-25H2,1-6H3,(H,40,44)/t26-,30?,32?/m1/s1. The lowest BCUT2D eigenvalue weighted by Gasteiger charge is -2.42. The summed E-state index contributed by atoms with van der Waals surface area (Å²) in [7, 11) is 2.79. The number of carbonyl (C=O) groups excluding carboxylic acids is 3. The molecule has 9 heteroatoms. The third kappa shape index (κ3) is 7.90. The van der Waals surface area contributed by atoms with Gasteiger partial charge in [0.1, 0.15) is 11.4 Å². The van der Waals surface area contributed by atoms with Crippen molar-refractivity contribution in [3.05, 3.63) is 108 Å². The van der Waals surface area contributed by atoms with E-state index in [0.29, 0.717) is 43.1 Å². The Bertz CT molecular complexity index is 1750. The van der Waals surface area contributed by atoms with E-state index in [2.05, 4.69) is 41.7 Å². The lowest BCUT2D eigenvalue weighted by Crippen LogP contribution is -2.50. The zero-order chi connectivity index (χ0) is 34.4. The van der Waals surface area contributed by atoms with Crippen molar-refractivity contribution in [1.29, 1.82) is 0 Å². The van der Waals surface area contributed by atoms with Gasteiger partial charge in [0.2, 0.25) is 0 Å². The minimum Gasteiger partial charge on any atom is -0.495 e. The van der Waals surface area contributed by atoms with Crippen molar-refractivity contribution in [2.45, 2.75) is 51.7 Å². The van der Waals surface area contributed by atoms with Crippen LogP contribution in [0.15, 0.2) is 91.0 Å². The van der Waals surface area contributed by atoms with Crippen LogP contribution in [0.5, 0.6) is 5.75 Å². The van der Waals surface area contributed by atoms with Crippen molar-refractivity contribution in [2.24, 2.45) is 5.92 Å². The summed E-state index contributed by atoms with van der Waals surface area (Å²) in [6.45, 7) is 8.97. The van der Waals surface area contributed by atoms with E-state index in [-0.39, 0.29) is 23.9 Å². The molecule has 48 heavy (non-hydrogen) atoms. The van der Waals surface area contributed by atoms with E-state index in [1.165, 1.54) is 19.8 Å². The molecule has 2 unspecified atom stereocenters. The maximum absolute atomic E-state index is 14.0. The van der Waals surface area contributed by atoms with Crippen LogP contribution in [0, 0.1) is 5.92 Å². The number of methoxy groups -OCH3 is 2. The Hall–Kier alpha value is -5.05. The van der Waals surface area contributed by atoms with Gasteiger partial charge >= 0.3 is 18.1 Å². The van der Waals surface area contributed by atoms with Gasteiger partial charge in [0.05, 0.1) is 31.5 Å². The number of nitrogens with one attached hydrogen (secondary N) is 1. The number of piperidine rings is 1. The molecule has 5 rings (SSSR count). The number of anilines is 1. The molecule has 1 N–H and O–H groups in total. The van der Waals surface area contributed by atoms with Crippen molar-refractivity contribution in [3.8, 4) is 5.75 Å². The van der Waals surface area contributed by atoms with E-state index >= 15 is 0 Å². The Labute approximate surface area is 282 Å². The average Bonchev–Trinajstić information content (AvgIpc) is 3.09. The smallest absolute Gasteiger partial charge is 0.410 e. The van der Waals surface area contributed by atoms with E-state index in [4.69, 9.17) is 14.2 Å². The van der Waals surface area contributed by atoms with Gasteiger partial charge in [0.25, 0.3) is 0 Å². The Morgan fingerprint density at radius 2 is 1.65 bits per heavy atom. The molecule has 252 valence electrons. The first kappa shape index (κ1) is 34.3. The topological polar surface area (TPSA) is 97.4 Å². The van der Waals surface area contributed by atoms with Crippen LogP contribution in [0.25, 0.3) is 10.8 Å². The van der Waals surface area contributed by atoms with Crippen LogP contribution < -0.4 is 10.1 Å². The van der Waals surface area contributed by atoms with Crippen molar-refractivity contribution in [3.63, 3.8) is 0 Å². The molecule has 0 bridgehead atoms. The molecular weight excluding hydrogens is 606 g/mol. The van der Waals surface area contributed by atoms with Crippen molar-refractivity contribution >= 4 is 34.6 Å². The highest BCUT2D eigenvalue weighted by Crippen LogP contribution is 2.37. The molecule has 0 radical (unpaired) electrons. The highest BCUT2D eigenvalue weighted by atomic mass is 16.6. The van der Waals surface area contributed by atoms with E-state index in [9.17, 15) is 14.4 Å². The van der Waals surface area contributed by atoms with Gasteiger partial charge in [-0.3, -0.25) is 0 Å². The van der Waals surface area contributed by atoms with Gasteiger partial charge in [0, 0.05) is 25.6 Å². The molecule has 3 atom stereocenters. The van der Waals surface area contributed by atoms with E-state index in [1.807, 2.05) is 69.0 Å². The molecule has 1 aliphatic heterocycles. The zero-order valence-electron chi connectivity index (χ0n) is 28.6. The van der Waals surface area contributed by atoms with Crippen molar-refractivity contribution in [1.82, 2.24) is 9.80 Å². The molecule has 9 nitrogen and oxygen atoms in total. The number of hydrogen-bond acceptors (Lipinski definition) is 6. The molecule has 0 spiro atoms. The summed E-state index contributed by atoms with van der Waals surface area (Å²) in [5.74, 6) is -0.138. The first-order valence-corrected chi connectivity index (χ1v) is 16.3. The normalized spacial score (nSPS) is 16.9. The summed E-state index contributed by atoms with van der Waals surface area (Å²) in [6, 6.07) is 28.8. The first-order valence-electron chi connectivity index (χ1n) is 16.3. The summed E-state index contributed by atoms with van der Waals surface area (Å²) >= 11 is 0. The highest BCUT2D eigenvalue weighted by Gasteiger charge is 2.37. The van der Waals surface area contributed by atoms with Crippen molar-refractivity contribution < 1.29 is 28.6 Å². The molecule has 0 aliphatic carbocycles. The number of rotatable bonds is 8. The minimum absolute atomic E-state index is 0.0968. The van der Waals surface area contributed by atoms with Gasteiger partial charge in [-0.1, -0.05) is 72.8 Å². The minimum atomic E-state index is -0.687. The molecule has 1 fully saturated rings. The van der Waals surface area contributed by atoms with Gasteiger partial charge in [-0.2, -0.15) is 0 Å². The average molecular weight is 652 g/mol. The molecule has 1 heterocycles. The summed E-state index contributed by atoms with van der Waals surface area (Å²) in [5.41, 5.74) is 2.27. The highest BCUT2D eigenvalue weighted by molar-refractivity contribution is 5.94. The number of carbonyl (C=O) groups is 3. The maximum atomic E-state index is 14.0. The van der Waals surface area contributed by atoms with Gasteiger partial charge in [-0.25, -0.2) is 14.4 Å². The largest absolute Gasteiger partial charge is 0.495 e. The van der Waals surface area contributed by atoms with Gasteiger partial charge in [-0.15, -0.1) is 0 Å². The SMILES string of the molecule is COC(=O)c1ccc(NC(=O)N2CCC(c3ccccc3)C(CN(C(=O)OC(C)(C)C)[C@H](C)c3cccc4ccccc34)C2)c(OC)c1. The lowest BCUT2D eigenvalue weighted by atomic mass is 9.80. The third-order valence-electron chi connectivity index (χ3n) is 8.91. The second kappa shape index (κ2) is 14.8.